The van der Waals surface area contributed by atoms with Crippen LogP contribution in [0.3, 0.4) is 0 Å². The Morgan fingerprint density at radius 1 is 1.14 bits per heavy atom. The van der Waals surface area contributed by atoms with Crippen molar-refractivity contribution in [2.45, 2.75) is 60.3 Å². The smallest absolute Gasteiger partial charge is 0.137 e. The van der Waals surface area contributed by atoms with Crippen molar-refractivity contribution in [3.05, 3.63) is 11.9 Å². The Morgan fingerprint density at radius 2 is 1.90 bits per heavy atom. The lowest BCUT2D eigenvalue weighted by Gasteiger charge is -2.28. The molecule has 4 heteroatoms. The maximum absolute atomic E-state index is 4.60. The molecule has 1 unspecified atom stereocenters. The highest BCUT2D eigenvalue weighted by molar-refractivity contribution is 5.58. The number of aromatic nitrogens is 2. The van der Waals surface area contributed by atoms with Crippen LogP contribution < -0.4 is 10.2 Å². The second kappa shape index (κ2) is 9.59. The minimum absolute atomic E-state index is 0.682. The first-order valence-corrected chi connectivity index (χ1v) is 8.50. The molecular weight excluding hydrogens is 260 g/mol. The molecule has 1 N–H and O–H groups in total. The zero-order valence-corrected chi connectivity index (χ0v) is 14.4. The highest BCUT2D eigenvalue weighted by Gasteiger charge is 2.17. The lowest BCUT2D eigenvalue weighted by Crippen LogP contribution is -2.30. The van der Waals surface area contributed by atoms with Crippen LogP contribution in [0.5, 0.6) is 0 Å². The molecule has 1 atom stereocenters. The second-order valence-electron chi connectivity index (χ2n) is 5.75. The van der Waals surface area contributed by atoms with Gasteiger partial charge in [-0.05, 0) is 25.7 Å². The molecular formula is C17H32N4. The maximum atomic E-state index is 4.60. The van der Waals surface area contributed by atoms with Crippen molar-refractivity contribution >= 4 is 11.6 Å². The van der Waals surface area contributed by atoms with Gasteiger partial charge < -0.3 is 10.2 Å². The molecule has 0 saturated carbocycles. The molecule has 0 bridgehead atoms. The van der Waals surface area contributed by atoms with Crippen LogP contribution in [0, 0.1) is 5.92 Å². The molecule has 0 fully saturated rings. The van der Waals surface area contributed by atoms with Crippen LogP contribution in [0.25, 0.3) is 0 Å². The summed E-state index contributed by atoms with van der Waals surface area (Å²) in [6.45, 7) is 14.2. The SMILES string of the molecule is CCCNc1ncnc(N(CC)CC(C)CC)c1CCC. The summed E-state index contributed by atoms with van der Waals surface area (Å²) >= 11 is 0. The Bertz CT molecular complexity index is 406. The van der Waals surface area contributed by atoms with Crippen LogP contribution in [-0.4, -0.2) is 29.6 Å². The highest BCUT2D eigenvalue weighted by atomic mass is 15.2. The van der Waals surface area contributed by atoms with E-state index >= 15 is 0 Å². The molecule has 0 aliphatic heterocycles. The zero-order chi connectivity index (χ0) is 15.7. The maximum Gasteiger partial charge on any atom is 0.137 e. The minimum Gasteiger partial charge on any atom is -0.370 e. The molecule has 4 nitrogen and oxygen atoms in total. The van der Waals surface area contributed by atoms with E-state index in [0.717, 1.165) is 50.5 Å². The normalized spacial score (nSPS) is 12.2. The van der Waals surface area contributed by atoms with Crippen molar-refractivity contribution in [3.63, 3.8) is 0 Å². The number of rotatable bonds is 10. The largest absolute Gasteiger partial charge is 0.370 e. The zero-order valence-electron chi connectivity index (χ0n) is 14.4. The number of hydrogen-bond donors (Lipinski definition) is 1. The van der Waals surface area contributed by atoms with Gasteiger partial charge >= 0.3 is 0 Å². The summed E-state index contributed by atoms with van der Waals surface area (Å²) in [5, 5.41) is 3.46. The molecule has 0 saturated heterocycles. The van der Waals surface area contributed by atoms with Crippen molar-refractivity contribution in [2.75, 3.05) is 29.9 Å². The fraction of sp³-hybridized carbons (Fsp3) is 0.765. The molecule has 120 valence electrons. The van der Waals surface area contributed by atoms with Crippen molar-refractivity contribution in [2.24, 2.45) is 5.92 Å². The molecule has 1 rings (SSSR count). The average Bonchev–Trinajstić information content (AvgIpc) is 2.51. The van der Waals surface area contributed by atoms with Gasteiger partial charge in [0.05, 0.1) is 0 Å². The quantitative estimate of drug-likeness (QED) is 0.704. The molecule has 0 aromatic carbocycles. The van der Waals surface area contributed by atoms with E-state index in [9.17, 15) is 0 Å². The molecule has 0 radical (unpaired) electrons. The predicted molar refractivity (Wildman–Crippen MR) is 92.1 cm³/mol. The van der Waals surface area contributed by atoms with Crippen molar-refractivity contribution in [3.8, 4) is 0 Å². The number of nitrogens with one attached hydrogen (secondary N) is 1. The molecule has 1 aromatic heterocycles. The Hall–Kier alpha value is -1.32. The third-order valence-corrected chi connectivity index (χ3v) is 3.88. The third-order valence-electron chi connectivity index (χ3n) is 3.88. The Kier molecular flexibility index (Phi) is 8.09. The molecule has 1 aromatic rings. The first-order chi connectivity index (χ1) is 10.2. The van der Waals surface area contributed by atoms with Crippen LogP contribution >= 0.6 is 0 Å². The van der Waals surface area contributed by atoms with Crippen LogP contribution in [0.1, 0.15) is 59.4 Å². The molecule has 0 aliphatic carbocycles. The van der Waals surface area contributed by atoms with Gasteiger partial charge in [-0.25, -0.2) is 9.97 Å². The Morgan fingerprint density at radius 3 is 2.48 bits per heavy atom. The highest BCUT2D eigenvalue weighted by Crippen LogP contribution is 2.26. The van der Waals surface area contributed by atoms with Crippen LogP contribution in [0.4, 0.5) is 11.6 Å². The third kappa shape index (κ3) is 5.18. The first-order valence-electron chi connectivity index (χ1n) is 8.50. The topological polar surface area (TPSA) is 41.1 Å². The van der Waals surface area contributed by atoms with Crippen molar-refractivity contribution < 1.29 is 0 Å². The summed E-state index contributed by atoms with van der Waals surface area (Å²) in [5.41, 5.74) is 1.28. The van der Waals surface area contributed by atoms with E-state index in [2.05, 4.69) is 54.8 Å². The summed E-state index contributed by atoms with van der Waals surface area (Å²) < 4.78 is 0. The van der Waals surface area contributed by atoms with E-state index in [-0.39, 0.29) is 0 Å². The summed E-state index contributed by atoms with van der Waals surface area (Å²) in [7, 11) is 0. The van der Waals surface area contributed by atoms with E-state index in [1.54, 1.807) is 6.33 Å². The van der Waals surface area contributed by atoms with Crippen molar-refractivity contribution in [1.29, 1.82) is 0 Å². The first kappa shape index (κ1) is 17.7. The summed E-state index contributed by atoms with van der Waals surface area (Å²) in [6, 6.07) is 0. The second-order valence-corrected chi connectivity index (χ2v) is 5.75. The molecule has 1 heterocycles. The van der Waals surface area contributed by atoms with E-state index < -0.39 is 0 Å². The Balaban J connectivity index is 3.06. The lowest BCUT2D eigenvalue weighted by atomic mass is 10.1. The van der Waals surface area contributed by atoms with E-state index in [0.29, 0.717) is 5.92 Å². The van der Waals surface area contributed by atoms with Crippen LogP contribution in [0.15, 0.2) is 6.33 Å². The summed E-state index contributed by atoms with van der Waals surface area (Å²) in [5.74, 6) is 2.82. The lowest BCUT2D eigenvalue weighted by molar-refractivity contribution is 0.544. The molecule has 0 aliphatic rings. The van der Waals surface area contributed by atoms with E-state index in [4.69, 9.17) is 0 Å². The van der Waals surface area contributed by atoms with Gasteiger partial charge in [0, 0.05) is 25.2 Å². The molecule has 0 amide bonds. The number of anilines is 2. The van der Waals surface area contributed by atoms with Crippen molar-refractivity contribution in [1.82, 2.24) is 9.97 Å². The fourth-order valence-corrected chi connectivity index (χ4v) is 2.42. The predicted octanol–water partition coefficient (Wildman–Crippen LogP) is 4.12. The van der Waals surface area contributed by atoms with Gasteiger partial charge in [0.2, 0.25) is 0 Å². The summed E-state index contributed by atoms with van der Waals surface area (Å²) in [6.07, 6.45) is 6.15. The fourth-order valence-electron chi connectivity index (χ4n) is 2.42. The Labute approximate surface area is 130 Å². The van der Waals surface area contributed by atoms with Gasteiger partial charge in [-0.3, -0.25) is 0 Å². The van der Waals surface area contributed by atoms with Crippen LogP contribution in [-0.2, 0) is 6.42 Å². The average molecular weight is 292 g/mol. The number of hydrogen-bond acceptors (Lipinski definition) is 4. The monoisotopic (exact) mass is 292 g/mol. The van der Waals surface area contributed by atoms with Gasteiger partial charge in [0.15, 0.2) is 0 Å². The standard InChI is InChI=1S/C17H32N4/c1-6-10-15-16(18-11-7-2)19-13-20-17(15)21(9-4)12-14(5)8-3/h13-14H,6-12H2,1-5H3,(H,18,19,20). The molecule has 21 heavy (non-hydrogen) atoms. The van der Waals surface area contributed by atoms with Gasteiger partial charge in [-0.1, -0.05) is 40.5 Å². The van der Waals surface area contributed by atoms with Gasteiger partial charge in [-0.15, -0.1) is 0 Å². The van der Waals surface area contributed by atoms with Gasteiger partial charge in [-0.2, -0.15) is 0 Å². The van der Waals surface area contributed by atoms with E-state index in [1.165, 1.54) is 12.0 Å². The van der Waals surface area contributed by atoms with Gasteiger partial charge in [0.25, 0.3) is 0 Å². The van der Waals surface area contributed by atoms with Crippen LogP contribution in [0.2, 0.25) is 0 Å². The minimum atomic E-state index is 0.682. The van der Waals surface area contributed by atoms with Gasteiger partial charge in [0.1, 0.15) is 18.0 Å². The molecule has 0 spiro atoms. The van der Waals surface area contributed by atoms with E-state index in [1.807, 2.05) is 0 Å². The summed E-state index contributed by atoms with van der Waals surface area (Å²) in [4.78, 5) is 11.5. The number of nitrogens with zero attached hydrogens (tertiary/aromatic N) is 3.